The molecule has 0 bridgehead atoms. The van der Waals surface area contributed by atoms with Gasteiger partial charge in [-0.3, -0.25) is 4.90 Å². The fourth-order valence-corrected chi connectivity index (χ4v) is 5.49. The number of piperazine rings is 1. The van der Waals surface area contributed by atoms with Gasteiger partial charge in [0.15, 0.2) is 0 Å². The van der Waals surface area contributed by atoms with E-state index < -0.39 is 10.0 Å². The summed E-state index contributed by atoms with van der Waals surface area (Å²) in [4.78, 5) is 2.64. The number of hydrogen-bond acceptors (Lipinski definition) is 3. The maximum absolute atomic E-state index is 13.4. The highest BCUT2D eigenvalue weighted by Crippen LogP contribution is 2.29. The Labute approximate surface area is 125 Å². The van der Waals surface area contributed by atoms with Crippen LogP contribution >= 0.6 is 0 Å². The van der Waals surface area contributed by atoms with Crippen molar-refractivity contribution >= 4 is 10.0 Å². The lowest BCUT2D eigenvalue weighted by Crippen LogP contribution is -2.52. The quantitative estimate of drug-likeness (QED) is 0.837. The first-order chi connectivity index (χ1) is 9.89. The van der Waals surface area contributed by atoms with Crippen LogP contribution < -0.4 is 0 Å². The molecule has 2 saturated heterocycles. The number of benzene rings is 1. The van der Waals surface area contributed by atoms with Crippen LogP contribution in [0.4, 0.5) is 4.39 Å². The van der Waals surface area contributed by atoms with E-state index in [0.717, 1.165) is 25.9 Å². The SMILES string of the molecule is Cc1cc(F)cc(C)c1S(=O)(=O)N1CCN2CCCC2C1. The average molecular weight is 312 g/mol. The number of hydrogen-bond donors (Lipinski definition) is 0. The Bertz CT molecular complexity index is 637. The predicted molar refractivity (Wildman–Crippen MR) is 79.2 cm³/mol. The van der Waals surface area contributed by atoms with Gasteiger partial charge in [0.25, 0.3) is 0 Å². The molecule has 116 valence electrons. The average Bonchev–Trinajstić information content (AvgIpc) is 2.83. The van der Waals surface area contributed by atoms with Crippen LogP contribution in [0.3, 0.4) is 0 Å². The first-order valence-electron chi connectivity index (χ1n) is 7.40. The lowest BCUT2D eigenvalue weighted by molar-refractivity contribution is 0.158. The molecule has 0 spiro atoms. The first-order valence-corrected chi connectivity index (χ1v) is 8.84. The maximum Gasteiger partial charge on any atom is 0.243 e. The topological polar surface area (TPSA) is 40.6 Å². The first kappa shape index (κ1) is 14.9. The van der Waals surface area contributed by atoms with E-state index in [0.29, 0.717) is 30.3 Å². The zero-order valence-corrected chi connectivity index (χ0v) is 13.3. The molecule has 4 nitrogen and oxygen atoms in total. The van der Waals surface area contributed by atoms with Gasteiger partial charge in [0.2, 0.25) is 10.0 Å². The number of halogens is 1. The molecule has 0 aliphatic carbocycles. The van der Waals surface area contributed by atoms with Gasteiger partial charge in [-0.05, 0) is 56.5 Å². The Balaban J connectivity index is 1.94. The summed E-state index contributed by atoms with van der Waals surface area (Å²) < 4.78 is 40.8. The van der Waals surface area contributed by atoms with Gasteiger partial charge in [-0.1, -0.05) is 0 Å². The molecule has 1 aromatic rings. The highest BCUT2D eigenvalue weighted by atomic mass is 32.2. The van der Waals surface area contributed by atoms with Crippen molar-refractivity contribution < 1.29 is 12.8 Å². The number of rotatable bonds is 2. The van der Waals surface area contributed by atoms with Crippen molar-refractivity contribution in [1.29, 1.82) is 0 Å². The molecule has 0 saturated carbocycles. The summed E-state index contributed by atoms with van der Waals surface area (Å²) in [5.41, 5.74) is 0.975. The van der Waals surface area contributed by atoms with E-state index in [-0.39, 0.29) is 10.7 Å². The molecular weight excluding hydrogens is 291 g/mol. The Hall–Kier alpha value is -0.980. The summed E-state index contributed by atoms with van der Waals surface area (Å²) >= 11 is 0. The monoisotopic (exact) mass is 312 g/mol. The molecule has 0 N–H and O–H groups in total. The van der Waals surface area contributed by atoms with Gasteiger partial charge < -0.3 is 0 Å². The highest BCUT2D eigenvalue weighted by Gasteiger charge is 2.37. The van der Waals surface area contributed by atoms with Crippen molar-refractivity contribution in [3.63, 3.8) is 0 Å². The van der Waals surface area contributed by atoms with Crippen molar-refractivity contribution in [3.05, 3.63) is 29.1 Å². The molecule has 1 atom stereocenters. The molecule has 0 aromatic heterocycles. The normalized spacial score (nSPS) is 24.2. The van der Waals surface area contributed by atoms with E-state index in [2.05, 4.69) is 4.90 Å². The Morgan fingerprint density at radius 1 is 1.14 bits per heavy atom. The molecule has 21 heavy (non-hydrogen) atoms. The second-order valence-electron chi connectivity index (χ2n) is 6.06. The summed E-state index contributed by atoms with van der Waals surface area (Å²) in [6.07, 6.45) is 2.21. The van der Waals surface area contributed by atoms with E-state index >= 15 is 0 Å². The Morgan fingerprint density at radius 2 is 1.81 bits per heavy atom. The standard InChI is InChI=1S/C15H21FN2O2S/c1-11-8-13(16)9-12(2)15(11)21(19,20)18-7-6-17-5-3-4-14(17)10-18/h8-9,14H,3-7,10H2,1-2H3. The van der Waals surface area contributed by atoms with Crippen molar-refractivity contribution in [2.24, 2.45) is 0 Å². The fraction of sp³-hybridized carbons (Fsp3) is 0.600. The van der Waals surface area contributed by atoms with Gasteiger partial charge >= 0.3 is 0 Å². The fourth-order valence-electron chi connectivity index (χ4n) is 3.61. The van der Waals surface area contributed by atoms with Crippen LogP contribution in [0, 0.1) is 19.7 Å². The van der Waals surface area contributed by atoms with Gasteiger partial charge in [0, 0.05) is 25.7 Å². The van der Waals surface area contributed by atoms with E-state index in [4.69, 9.17) is 0 Å². The molecule has 2 aliphatic rings. The predicted octanol–water partition coefficient (Wildman–Crippen LogP) is 1.91. The van der Waals surface area contributed by atoms with Crippen LogP contribution in [-0.4, -0.2) is 49.8 Å². The minimum Gasteiger partial charge on any atom is -0.298 e. The molecule has 2 heterocycles. The second kappa shape index (κ2) is 5.34. The molecule has 3 rings (SSSR count). The van der Waals surface area contributed by atoms with Crippen molar-refractivity contribution in [1.82, 2.24) is 9.21 Å². The van der Waals surface area contributed by atoms with Crippen molar-refractivity contribution in [2.75, 3.05) is 26.2 Å². The van der Waals surface area contributed by atoms with Gasteiger partial charge in [-0.25, -0.2) is 12.8 Å². The maximum atomic E-state index is 13.4. The summed E-state index contributed by atoms with van der Waals surface area (Å²) in [5.74, 6) is -0.385. The van der Waals surface area contributed by atoms with Gasteiger partial charge in [-0.2, -0.15) is 4.31 Å². The number of aryl methyl sites for hydroxylation is 2. The van der Waals surface area contributed by atoms with Crippen LogP contribution in [0.15, 0.2) is 17.0 Å². The Kier molecular flexibility index (Phi) is 3.80. The van der Waals surface area contributed by atoms with E-state index in [9.17, 15) is 12.8 Å². The van der Waals surface area contributed by atoms with Crippen LogP contribution in [0.5, 0.6) is 0 Å². The molecule has 0 amide bonds. The zero-order chi connectivity index (χ0) is 15.2. The minimum absolute atomic E-state index is 0.273. The lowest BCUT2D eigenvalue weighted by Gasteiger charge is -2.37. The summed E-state index contributed by atoms with van der Waals surface area (Å²) in [7, 11) is -3.54. The third-order valence-corrected chi connectivity index (χ3v) is 6.74. The molecule has 0 radical (unpaired) electrons. The van der Waals surface area contributed by atoms with E-state index in [1.807, 2.05) is 0 Å². The molecule has 2 fully saturated rings. The number of nitrogens with zero attached hydrogens (tertiary/aromatic N) is 2. The van der Waals surface area contributed by atoms with Crippen LogP contribution in [-0.2, 0) is 10.0 Å². The molecule has 1 aromatic carbocycles. The number of fused-ring (bicyclic) bond motifs is 1. The smallest absolute Gasteiger partial charge is 0.243 e. The van der Waals surface area contributed by atoms with Crippen LogP contribution in [0.2, 0.25) is 0 Å². The second-order valence-corrected chi connectivity index (χ2v) is 7.94. The van der Waals surface area contributed by atoms with E-state index in [1.54, 1.807) is 18.2 Å². The van der Waals surface area contributed by atoms with Gasteiger partial charge in [-0.15, -0.1) is 0 Å². The van der Waals surface area contributed by atoms with Crippen LogP contribution in [0.25, 0.3) is 0 Å². The Morgan fingerprint density at radius 3 is 2.48 bits per heavy atom. The summed E-state index contributed by atoms with van der Waals surface area (Å²) in [6.45, 7) is 6.27. The van der Waals surface area contributed by atoms with Crippen LogP contribution in [0.1, 0.15) is 24.0 Å². The summed E-state index contributed by atoms with van der Waals surface area (Å²) in [6, 6.07) is 2.94. The lowest BCUT2D eigenvalue weighted by atomic mass is 10.1. The molecule has 6 heteroatoms. The van der Waals surface area contributed by atoms with Gasteiger partial charge in [0.05, 0.1) is 4.90 Å². The van der Waals surface area contributed by atoms with Crippen molar-refractivity contribution in [3.8, 4) is 0 Å². The van der Waals surface area contributed by atoms with Crippen molar-refractivity contribution in [2.45, 2.75) is 37.6 Å². The zero-order valence-electron chi connectivity index (χ0n) is 12.5. The van der Waals surface area contributed by atoms with Gasteiger partial charge in [0.1, 0.15) is 5.82 Å². The molecular formula is C15H21FN2O2S. The van der Waals surface area contributed by atoms with E-state index in [1.165, 1.54) is 12.1 Å². The third-order valence-electron chi connectivity index (χ3n) is 4.57. The largest absolute Gasteiger partial charge is 0.298 e. The summed E-state index contributed by atoms with van der Waals surface area (Å²) in [5, 5.41) is 0. The number of sulfonamides is 1. The third kappa shape index (κ3) is 2.60. The minimum atomic E-state index is -3.54. The molecule has 2 aliphatic heterocycles. The highest BCUT2D eigenvalue weighted by molar-refractivity contribution is 7.89. The molecule has 1 unspecified atom stereocenters.